The SMILES string of the molecule is COS(=O)(=O)[O-].COc1ccc2c(ccc[n+]2C)c1. The van der Waals surface area contributed by atoms with Gasteiger partial charge in [0, 0.05) is 12.1 Å². The lowest BCUT2D eigenvalue weighted by molar-refractivity contribution is -0.644. The summed E-state index contributed by atoms with van der Waals surface area (Å²) in [6.07, 6.45) is 2.04. The Labute approximate surface area is 112 Å². The Hall–Kier alpha value is -1.70. The largest absolute Gasteiger partial charge is 0.726 e. The second kappa shape index (κ2) is 6.46. The second-order valence-electron chi connectivity index (χ2n) is 3.62. The van der Waals surface area contributed by atoms with Gasteiger partial charge in [0.15, 0.2) is 6.20 Å². The first-order valence-corrected chi connectivity index (χ1v) is 6.64. The van der Waals surface area contributed by atoms with Crippen LogP contribution < -0.4 is 9.30 Å². The van der Waals surface area contributed by atoms with Crippen LogP contribution in [0.25, 0.3) is 10.9 Å². The summed E-state index contributed by atoms with van der Waals surface area (Å²) in [7, 11) is 0.117. The molecule has 0 amide bonds. The van der Waals surface area contributed by atoms with Gasteiger partial charge in [0.25, 0.3) is 0 Å². The lowest BCUT2D eigenvalue weighted by Crippen LogP contribution is -2.27. The van der Waals surface area contributed by atoms with Crippen molar-refractivity contribution in [1.82, 2.24) is 0 Å². The summed E-state index contributed by atoms with van der Waals surface area (Å²) in [5.41, 5.74) is 1.21. The van der Waals surface area contributed by atoms with E-state index in [9.17, 15) is 13.0 Å². The first-order valence-electron chi connectivity index (χ1n) is 5.31. The zero-order valence-electron chi connectivity index (χ0n) is 10.9. The standard InChI is InChI=1S/C11H12NO.CH4O4S/c1-12-7-3-4-9-8-10(13-2)5-6-11(9)12;1-5-6(2,3)4/h3-8H,1-2H3;1H3,(H,2,3,4)/q+1;/p-1. The molecule has 6 nitrogen and oxygen atoms in total. The van der Waals surface area contributed by atoms with E-state index in [1.807, 2.05) is 31.4 Å². The molecule has 2 aromatic rings. The maximum absolute atomic E-state index is 9.22. The molecule has 0 aliphatic carbocycles. The zero-order chi connectivity index (χ0) is 14.5. The number of nitrogens with zero attached hydrogens (tertiary/aromatic N) is 1. The Morgan fingerprint density at radius 1 is 1.21 bits per heavy atom. The molecule has 7 heteroatoms. The predicted molar refractivity (Wildman–Crippen MR) is 68.4 cm³/mol. The molecule has 0 radical (unpaired) electrons. The van der Waals surface area contributed by atoms with E-state index in [4.69, 9.17) is 4.74 Å². The van der Waals surface area contributed by atoms with Gasteiger partial charge in [-0.15, -0.1) is 0 Å². The van der Waals surface area contributed by atoms with E-state index in [1.54, 1.807) is 7.11 Å². The van der Waals surface area contributed by atoms with Crippen molar-refractivity contribution in [2.45, 2.75) is 0 Å². The number of aryl methyl sites for hydroxylation is 1. The maximum Gasteiger partial charge on any atom is 0.217 e. The number of pyridine rings is 1. The fraction of sp³-hybridized carbons (Fsp3) is 0.250. The summed E-state index contributed by atoms with van der Waals surface area (Å²) >= 11 is 0. The average molecular weight is 285 g/mol. The number of methoxy groups -OCH3 is 1. The minimum absolute atomic E-state index is 0.808. The highest BCUT2D eigenvalue weighted by Crippen LogP contribution is 2.17. The Morgan fingerprint density at radius 2 is 1.84 bits per heavy atom. The van der Waals surface area contributed by atoms with Gasteiger partial charge in [0.2, 0.25) is 15.9 Å². The molecule has 0 fully saturated rings. The third-order valence-electron chi connectivity index (χ3n) is 2.40. The number of fused-ring (bicyclic) bond motifs is 1. The molecule has 0 N–H and O–H groups in total. The molecule has 0 saturated carbocycles. The topological polar surface area (TPSA) is 79.5 Å². The molecule has 0 unspecified atom stereocenters. The lowest BCUT2D eigenvalue weighted by Gasteiger charge is -2.00. The van der Waals surface area contributed by atoms with Crippen LogP contribution in [-0.2, 0) is 21.6 Å². The predicted octanol–water partition coefficient (Wildman–Crippen LogP) is 0.766. The maximum atomic E-state index is 9.22. The van der Waals surface area contributed by atoms with Crippen molar-refractivity contribution in [3.05, 3.63) is 36.5 Å². The molecule has 0 saturated heterocycles. The molecule has 1 heterocycles. The number of aromatic nitrogens is 1. The molecule has 104 valence electrons. The van der Waals surface area contributed by atoms with Crippen LogP contribution in [0.4, 0.5) is 0 Å². The van der Waals surface area contributed by atoms with Crippen molar-refractivity contribution in [2.24, 2.45) is 7.05 Å². The molecule has 0 atom stereocenters. The molecule has 1 aromatic heterocycles. The van der Waals surface area contributed by atoms with E-state index in [1.165, 1.54) is 10.9 Å². The van der Waals surface area contributed by atoms with Crippen molar-refractivity contribution in [3.63, 3.8) is 0 Å². The quantitative estimate of drug-likeness (QED) is 0.462. The molecule has 1 aromatic carbocycles. The first-order chi connectivity index (χ1) is 8.87. The van der Waals surface area contributed by atoms with E-state index in [0.717, 1.165) is 12.9 Å². The number of benzene rings is 1. The smallest absolute Gasteiger partial charge is 0.217 e. The van der Waals surface area contributed by atoms with Gasteiger partial charge < -0.3 is 9.29 Å². The molecule has 0 bridgehead atoms. The van der Waals surface area contributed by atoms with Crippen LogP contribution in [0.1, 0.15) is 0 Å². The van der Waals surface area contributed by atoms with Crippen molar-refractivity contribution < 1.29 is 26.5 Å². The second-order valence-corrected chi connectivity index (χ2v) is 4.77. The fourth-order valence-corrected chi connectivity index (χ4v) is 1.47. The first kappa shape index (κ1) is 15.4. The zero-order valence-corrected chi connectivity index (χ0v) is 11.7. The summed E-state index contributed by atoms with van der Waals surface area (Å²) in [4.78, 5) is 0. The highest BCUT2D eigenvalue weighted by atomic mass is 32.3. The number of ether oxygens (including phenoxy) is 1. The van der Waals surface area contributed by atoms with Gasteiger partial charge in [-0.25, -0.2) is 13.0 Å². The Kier molecular flexibility index (Phi) is 5.22. The minimum Gasteiger partial charge on any atom is -0.726 e. The molecular formula is C12H15NO5S. The summed E-state index contributed by atoms with van der Waals surface area (Å²) in [6.45, 7) is 0. The summed E-state index contributed by atoms with van der Waals surface area (Å²) in [5.74, 6) is 0.902. The van der Waals surface area contributed by atoms with E-state index in [0.29, 0.717) is 0 Å². The van der Waals surface area contributed by atoms with Gasteiger partial charge in [-0.3, -0.25) is 4.18 Å². The van der Waals surface area contributed by atoms with E-state index >= 15 is 0 Å². The summed E-state index contributed by atoms with van der Waals surface area (Å²) in [6, 6.07) is 10.2. The van der Waals surface area contributed by atoms with E-state index in [-0.39, 0.29) is 0 Å². The third-order valence-corrected chi connectivity index (χ3v) is 2.81. The Balaban J connectivity index is 0.000000258. The summed E-state index contributed by atoms with van der Waals surface area (Å²) in [5, 5.41) is 1.20. The molecule has 0 spiro atoms. The van der Waals surface area contributed by atoms with Crippen LogP contribution >= 0.6 is 0 Å². The van der Waals surface area contributed by atoms with Crippen molar-refractivity contribution in [2.75, 3.05) is 14.2 Å². The van der Waals surface area contributed by atoms with Crippen LogP contribution in [0.2, 0.25) is 0 Å². The Morgan fingerprint density at radius 3 is 2.37 bits per heavy atom. The molecule has 19 heavy (non-hydrogen) atoms. The van der Waals surface area contributed by atoms with Crippen LogP contribution in [0.5, 0.6) is 5.75 Å². The average Bonchev–Trinajstić information content (AvgIpc) is 2.38. The fourth-order valence-electron chi connectivity index (χ4n) is 1.47. The third kappa shape index (κ3) is 4.82. The minimum atomic E-state index is -4.41. The van der Waals surface area contributed by atoms with Crippen LogP contribution in [0, 0.1) is 0 Å². The van der Waals surface area contributed by atoms with Gasteiger partial charge in [0.1, 0.15) is 12.8 Å². The van der Waals surface area contributed by atoms with Gasteiger partial charge in [-0.1, -0.05) is 0 Å². The van der Waals surface area contributed by atoms with Gasteiger partial charge in [0.05, 0.1) is 19.6 Å². The van der Waals surface area contributed by atoms with Gasteiger partial charge >= 0.3 is 0 Å². The molecule has 0 aliphatic heterocycles. The van der Waals surface area contributed by atoms with Crippen molar-refractivity contribution >= 4 is 21.3 Å². The van der Waals surface area contributed by atoms with Crippen LogP contribution in [0.3, 0.4) is 0 Å². The number of hydrogen-bond acceptors (Lipinski definition) is 5. The van der Waals surface area contributed by atoms with E-state index < -0.39 is 10.4 Å². The highest BCUT2D eigenvalue weighted by molar-refractivity contribution is 7.80. The van der Waals surface area contributed by atoms with Crippen molar-refractivity contribution in [1.29, 1.82) is 0 Å². The van der Waals surface area contributed by atoms with Crippen LogP contribution in [-0.4, -0.2) is 27.2 Å². The Bertz CT molecular complexity index is 654. The lowest BCUT2D eigenvalue weighted by atomic mass is 10.2. The monoisotopic (exact) mass is 285 g/mol. The summed E-state index contributed by atoms with van der Waals surface area (Å²) < 4.78 is 38.3. The molecule has 0 aliphatic rings. The normalized spacial score (nSPS) is 10.7. The van der Waals surface area contributed by atoms with Crippen LogP contribution in [0.15, 0.2) is 36.5 Å². The highest BCUT2D eigenvalue weighted by Gasteiger charge is 2.03. The van der Waals surface area contributed by atoms with Crippen molar-refractivity contribution in [3.8, 4) is 5.75 Å². The number of hydrogen-bond donors (Lipinski definition) is 0. The van der Waals surface area contributed by atoms with Gasteiger partial charge in [-0.05, 0) is 18.2 Å². The molecule has 2 rings (SSSR count). The van der Waals surface area contributed by atoms with E-state index in [2.05, 4.69) is 20.9 Å². The number of rotatable bonds is 2. The molecular weight excluding hydrogens is 270 g/mol. The van der Waals surface area contributed by atoms with Gasteiger partial charge in [-0.2, -0.15) is 0 Å².